The molecule has 3 N–H and O–H groups in total. The van der Waals surface area contributed by atoms with E-state index in [0.29, 0.717) is 54.4 Å². The molecule has 0 fully saturated rings. The first-order valence-corrected chi connectivity index (χ1v) is 18.7. The monoisotopic (exact) mass is 749 g/mol. The standard InChI is InChI=1S/C42H51N7O6/c1-42(2,25-43-3)26-44-40(52)34-17-27(22-47(34)4)18-35(50)32-13-9-14-38(45-32)46-39(51)15-10-16-55-37-21-33-31(20-36(37)54-6)41(53)49-23-29-12-8-7-11-28(29)19-30(49)24-48(33)5/h7-9,11-14,17,20-22,30,43H,10,15-16,18-19,23-26H2,1-6H3,(H,44,52)(H,45,46,51)/t30-/m0/s1. The Labute approximate surface area is 322 Å². The van der Waals surface area contributed by atoms with E-state index in [1.807, 2.05) is 37.2 Å². The summed E-state index contributed by atoms with van der Waals surface area (Å²) in [6.45, 7) is 6.88. The molecular formula is C42H51N7O6. The number of anilines is 2. The summed E-state index contributed by atoms with van der Waals surface area (Å²) in [7, 11) is 7.18. The Kier molecular flexibility index (Phi) is 11.9. The number of benzene rings is 2. The molecular weight excluding hydrogens is 699 g/mol. The molecule has 0 unspecified atom stereocenters. The molecule has 6 rings (SSSR count). The number of nitrogens with zero attached hydrogens (tertiary/aromatic N) is 4. The van der Waals surface area contributed by atoms with Crippen LogP contribution in [0.15, 0.2) is 66.9 Å². The van der Waals surface area contributed by atoms with Crippen LogP contribution in [0.3, 0.4) is 0 Å². The quantitative estimate of drug-likeness (QED) is 0.117. The van der Waals surface area contributed by atoms with Crippen LogP contribution in [0.5, 0.6) is 11.5 Å². The third kappa shape index (κ3) is 9.17. The first-order valence-electron chi connectivity index (χ1n) is 18.7. The molecule has 4 aromatic rings. The fourth-order valence-electron chi connectivity index (χ4n) is 7.33. The van der Waals surface area contributed by atoms with E-state index in [0.717, 1.165) is 18.7 Å². The van der Waals surface area contributed by atoms with Crippen LogP contribution in [0.1, 0.15) is 74.7 Å². The number of rotatable bonds is 15. The average Bonchev–Trinajstić information content (AvgIpc) is 3.49. The third-order valence-corrected chi connectivity index (χ3v) is 10.2. The third-order valence-electron chi connectivity index (χ3n) is 10.2. The topological polar surface area (TPSA) is 147 Å². The minimum atomic E-state index is -0.269. The van der Waals surface area contributed by atoms with E-state index in [1.165, 1.54) is 11.1 Å². The van der Waals surface area contributed by atoms with Crippen molar-refractivity contribution in [2.45, 2.75) is 52.1 Å². The number of ketones is 1. The van der Waals surface area contributed by atoms with Gasteiger partial charge in [-0.25, -0.2) is 4.98 Å². The van der Waals surface area contributed by atoms with Crippen LogP contribution in [0.4, 0.5) is 11.5 Å². The van der Waals surface area contributed by atoms with E-state index < -0.39 is 0 Å². The van der Waals surface area contributed by atoms with Crippen molar-refractivity contribution < 1.29 is 28.7 Å². The van der Waals surface area contributed by atoms with Crippen LogP contribution in [0.2, 0.25) is 0 Å². The lowest BCUT2D eigenvalue weighted by molar-refractivity contribution is -0.116. The number of Topliss-reactive ketones (excluding diaryl/α,β-unsaturated/α-hetero) is 1. The molecule has 13 nitrogen and oxygen atoms in total. The van der Waals surface area contributed by atoms with Crippen molar-refractivity contribution in [3.8, 4) is 11.5 Å². The highest BCUT2D eigenvalue weighted by molar-refractivity contribution is 6.02. The summed E-state index contributed by atoms with van der Waals surface area (Å²) in [5, 5.41) is 8.90. The van der Waals surface area contributed by atoms with E-state index in [-0.39, 0.29) is 65.9 Å². The molecule has 0 radical (unpaired) electrons. The molecule has 2 aliphatic heterocycles. The second kappa shape index (κ2) is 16.8. The highest BCUT2D eigenvalue weighted by atomic mass is 16.5. The number of aryl methyl sites for hydroxylation is 1. The number of amides is 3. The maximum Gasteiger partial charge on any atom is 0.267 e. The molecule has 0 spiro atoms. The van der Waals surface area contributed by atoms with Crippen molar-refractivity contribution in [3.63, 3.8) is 0 Å². The number of hydrogen-bond acceptors (Lipinski definition) is 9. The molecule has 55 heavy (non-hydrogen) atoms. The molecule has 1 atom stereocenters. The molecule has 3 amide bonds. The van der Waals surface area contributed by atoms with Crippen molar-refractivity contribution in [2.24, 2.45) is 12.5 Å². The number of carbonyl (C=O) groups is 4. The van der Waals surface area contributed by atoms with E-state index in [4.69, 9.17) is 9.47 Å². The van der Waals surface area contributed by atoms with Crippen molar-refractivity contribution >= 4 is 35.0 Å². The fourth-order valence-corrected chi connectivity index (χ4v) is 7.33. The van der Waals surface area contributed by atoms with Crippen molar-refractivity contribution in [1.29, 1.82) is 0 Å². The number of carbonyl (C=O) groups excluding carboxylic acids is 4. The minimum absolute atomic E-state index is 0.0333. The van der Waals surface area contributed by atoms with E-state index in [2.05, 4.69) is 51.8 Å². The smallest absolute Gasteiger partial charge is 0.267 e. The minimum Gasteiger partial charge on any atom is -0.493 e. The van der Waals surface area contributed by atoms with Crippen LogP contribution in [0.25, 0.3) is 0 Å². The van der Waals surface area contributed by atoms with Gasteiger partial charge in [0.25, 0.3) is 11.8 Å². The van der Waals surface area contributed by atoms with E-state index >= 15 is 0 Å². The lowest BCUT2D eigenvalue weighted by atomic mass is 9.93. The van der Waals surface area contributed by atoms with Gasteiger partial charge in [-0.05, 0) is 66.3 Å². The Morgan fingerprint density at radius 1 is 0.982 bits per heavy atom. The number of pyridine rings is 1. The summed E-state index contributed by atoms with van der Waals surface area (Å²) in [5.41, 5.74) is 5.04. The Hall–Kier alpha value is -5.69. The number of nitrogens with one attached hydrogen (secondary N) is 3. The van der Waals surface area contributed by atoms with Gasteiger partial charge in [0.2, 0.25) is 5.91 Å². The summed E-state index contributed by atoms with van der Waals surface area (Å²) < 4.78 is 13.5. The summed E-state index contributed by atoms with van der Waals surface area (Å²) in [5.74, 6) is 0.474. The molecule has 4 heterocycles. The molecule has 2 aromatic heterocycles. The molecule has 0 saturated carbocycles. The average molecular weight is 750 g/mol. The van der Waals surface area contributed by atoms with Crippen molar-refractivity contribution in [1.82, 2.24) is 25.1 Å². The largest absolute Gasteiger partial charge is 0.493 e. The molecule has 2 aliphatic rings. The number of fused-ring (bicyclic) bond motifs is 3. The predicted octanol–water partition coefficient (Wildman–Crippen LogP) is 4.64. The van der Waals surface area contributed by atoms with Gasteiger partial charge in [0.05, 0.1) is 31.0 Å². The maximum absolute atomic E-state index is 13.8. The Morgan fingerprint density at radius 2 is 1.76 bits per heavy atom. The second-order valence-electron chi connectivity index (χ2n) is 15.2. The SMILES string of the molecule is CNCC(C)(C)CNC(=O)c1cc(CC(=O)c2cccc(NC(=O)CCCOc3cc4c(cc3OC)C(=O)N3Cc5ccccc5C[C@H]3CN4C)n2)cn1C. The van der Waals surface area contributed by atoms with Crippen LogP contribution in [-0.2, 0) is 31.2 Å². The van der Waals surface area contributed by atoms with Gasteiger partial charge in [-0.2, -0.15) is 0 Å². The van der Waals surface area contributed by atoms with Crippen molar-refractivity contribution in [2.75, 3.05) is 57.7 Å². The molecule has 13 heteroatoms. The van der Waals surface area contributed by atoms with Crippen molar-refractivity contribution in [3.05, 3.63) is 101 Å². The van der Waals surface area contributed by atoms with Gasteiger partial charge in [0.15, 0.2) is 17.3 Å². The van der Waals surface area contributed by atoms with E-state index in [9.17, 15) is 19.2 Å². The number of methoxy groups -OCH3 is 1. The molecule has 0 saturated heterocycles. The summed E-state index contributed by atoms with van der Waals surface area (Å²) in [6, 6.07) is 18.6. The summed E-state index contributed by atoms with van der Waals surface area (Å²) >= 11 is 0. The zero-order chi connectivity index (χ0) is 39.3. The Morgan fingerprint density at radius 3 is 2.53 bits per heavy atom. The molecule has 2 aromatic carbocycles. The maximum atomic E-state index is 13.8. The lowest BCUT2D eigenvalue weighted by Gasteiger charge is -2.36. The van der Waals surface area contributed by atoms with Crippen LogP contribution >= 0.6 is 0 Å². The van der Waals surface area contributed by atoms with Gasteiger partial charge in [0.1, 0.15) is 17.2 Å². The van der Waals surface area contributed by atoms with Crippen LogP contribution < -0.4 is 30.3 Å². The van der Waals surface area contributed by atoms with Gasteiger partial charge in [0, 0.05) is 65.4 Å². The first kappa shape index (κ1) is 39.0. The molecule has 0 bridgehead atoms. The number of hydrogen-bond donors (Lipinski definition) is 3. The number of aromatic nitrogens is 2. The van der Waals surface area contributed by atoms with Crippen LogP contribution in [0, 0.1) is 5.41 Å². The Balaban J connectivity index is 1.01. The second-order valence-corrected chi connectivity index (χ2v) is 15.2. The van der Waals surface area contributed by atoms with Crippen LogP contribution in [-0.4, -0.2) is 91.4 Å². The normalized spacial score (nSPS) is 15.0. The molecule has 290 valence electrons. The zero-order valence-electron chi connectivity index (χ0n) is 32.5. The van der Waals surface area contributed by atoms with Gasteiger partial charge >= 0.3 is 0 Å². The van der Waals surface area contributed by atoms with E-state index in [1.54, 1.807) is 55.3 Å². The lowest BCUT2D eigenvalue weighted by Crippen LogP contribution is -2.47. The first-order chi connectivity index (χ1) is 26.3. The predicted molar refractivity (Wildman–Crippen MR) is 211 cm³/mol. The van der Waals surface area contributed by atoms with Gasteiger partial charge in [-0.3, -0.25) is 19.2 Å². The summed E-state index contributed by atoms with van der Waals surface area (Å²) in [4.78, 5) is 61.2. The Bertz CT molecular complexity index is 2070. The van der Waals surface area contributed by atoms with Gasteiger partial charge < -0.3 is 39.8 Å². The highest BCUT2D eigenvalue weighted by Crippen LogP contribution is 2.39. The summed E-state index contributed by atoms with van der Waals surface area (Å²) in [6.07, 6.45) is 3.18. The molecule has 0 aliphatic carbocycles. The zero-order valence-corrected chi connectivity index (χ0v) is 32.5. The number of likely N-dealkylation sites (N-methyl/N-ethyl adjacent to an activating group) is 1. The number of ether oxygens (including phenoxy) is 2. The highest BCUT2D eigenvalue weighted by Gasteiger charge is 2.36. The fraction of sp³-hybridized carbons (Fsp3) is 0.405. The van der Waals surface area contributed by atoms with Gasteiger partial charge in [-0.1, -0.05) is 44.2 Å². The van der Waals surface area contributed by atoms with Gasteiger partial charge in [-0.15, -0.1) is 0 Å².